The largest absolute Gasteiger partial charge is 0.478 e. The summed E-state index contributed by atoms with van der Waals surface area (Å²) in [5.74, 6) is -0.500. The standard InChI is InChI=1S/C18H18FNO2/c19-17-8-7-15(13-5-6-13)9-16(17)11-20-10-12-1-3-14(4-2-12)18(21)22/h1-4,7-9,13,20H,5-6,10-11H2,(H,21,22). The van der Waals surface area contributed by atoms with Crippen LogP contribution in [0, 0.1) is 5.82 Å². The van der Waals surface area contributed by atoms with E-state index < -0.39 is 5.97 Å². The van der Waals surface area contributed by atoms with Crippen LogP contribution in [0.4, 0.5) is 4.39 Å². The molecule has 1 saturated carbocycles. The average molecular weight is 299 g/mol. The first-order valence-corrected chi connectivity index (χ1v) is 7.45. The predicted molar refractivity (Wildman–Crippen MR) is 82.3 cm³/mol. The lowest BCUT2D eigenvalue weighted by molar-refractivity contribution is 0.0697. The van der Waals surface area contributed by atoms with Gasteiger partial charge in [0.25, 0.3) is 0 Å². The quantitative estimate of drug-likeness (QED) is 0.855. The third-order valence-electron chi connectivity index (χ3n) is 3.96. The van der Waals surface area contributed by atoms with E-state index in [9.17, 15) is 9.18 Å². The molecule has 1 aliphatic carbocycles. The highest BCUT2D eigenvalue weighted by Gasteiger charge is 2.23. The van der Waals surface area contributed by atoms with Crippen molar-refractivity contribution >= 4 is 5.97 Å². The third kappa shape index (κ3) is 3.52. The normalized spacial score (nSPS) is 14.0. The smallest absolute Gasteiger partial charge is 0.335 e. The fourth-order valence-electron chi connectivity index (χ4n) is 2.51. The maximum absolute atomic E-state index is 13.8. The van der Waals surface area contributed by atoms with Gasteiger partial charge in [-0.3, -0.25) is 0 Å². The number of hydrogen-bond acceptors (Lipinski definition) is 2. The number of aromatic carboxylic acids is 1. The van der Waals surface area contributed by atoms with E-state index in [2.05, 4.69) is 5.32 Å². The number of benzene rings is 2. The Morgan fingerprint density at radius 2 is 1.86 bits per heavy atom. The van der Waals surface area contributed by atoms with Gasteiger partial charge in [0.1, 0.15) is 5.82 Å². The molecule has 0 amide bonds. The Balaban J connectivity index is 1.58. The topological polar surface area (TPSA) is 49.3 Å². The van der Waals surface area contributed by atoms with Crippen LogP contribution >= 0.6 is 0 Å². The zero-order valence-electron chi connectivity index (χ0n) is 12.2. The van der Waals surface area contributed by atoms with E-state index in [-0.39, 0.29) is 11.4 Å². The fourth-order valence-corrected chi connectivity index (χ4v) is 2.51. The summed E-state index contributed by atoms with van der Waals surface area (Å²) in [5, 5.41) is 12.1. The van der Waals surface area contributed by atoms with Gasteiger partial charge in [0.15, 0.2) is 0 Å². The summed E-state index contributed by atoms with van der Waals surface area (Å²) in [6.07, 6.45) is 2.41. The van der Waals surface area contributed by atoms with Gasteiger partial charge in [0, 0.05) is 18.7 Å². The Labute approximate surface area is 128 Å². The van der Waals surface area contributed by atoms with Crippen LogP contribution in [0.1, 0.15) is 45.8 Å². The van der Waals surface area contributed by atoms with Crippen molar-refractivity contribution in [2.75, 3.05) is 0 Å². The third-order valence-corrected chi connectivity index (χ3v) is 3.96. The van der Waals surface area contributed by atoms with E-state index in [4.69, 9.17) is 5.11 Å². The zero-order chi connectivity index (χ0) is 15.5. The predicted octanol–water partition coefficient (Wildman–Crippen LogP) is 3.69. The fraction of sp³-hybridized carbons (Fsp3) is 0.278. The van der Waals surface area contributed by atoms with Crippen molar-refractivity contribution in [2.24, 2.45) is 0 Å². The van der Waals surface area contributed by atoms with Gasteiger partial charge in [-0.25, -0.2) is 9.18 Å². The molecule has 0 unspecified atom stereocenters. The van der Waals surface area contributed by atoms with E-state index in [1.807, 2.05) is 12.1 Å². The molecule has 1 fully saturated rings. The molecule has 1 aliphatic rings. The van der Waals surface area contributed by atoms with Crippen molar-refractivity contribution in [1.82, 2.24) is 5.32 Å². The van der Waals surface area contributed by atoms with Crippen molar-refractivity contribution < 1.29 is 14.3 Å². The maximum atomic E-state index is 13.8. The monoisotopic (exact) mass is 299 g/mol. The molecule has 4 heteroatoms. The number of carboxylic acids is 1. The van der Waals surface area contributed by atoms with Gasteiger partial charge in [-0.15, -0.1) is 0 Å². The second kappa shape index (κ2) is 6.28. The first-order valence-electron chi connectivity index (χ1n) is 7.45. The number of nitrogens with one attached hydrogen (secondary N) is 1. The van der Waals surface area contributed by atoms with Crippen molar-refractivity contribution in [3.63, 3.8) is 0 Å². The summed E-state index contributed by atoms with van der Waals surface area (Å²) in [6.45, 7) is 1.04. The van der Waals surface area contributed by atoms with E-state index in [0.717, 1.165) is 5.56 Å². The van der Waals surface area contributed by atoms with E-state index in [1.54, 1.807) is 30.3 Å². The Hall–Kier alpha value is -2.20. The molecule has 2 N–H and O–H groups in total. The average Bonchev–Trinajstić information content (AvgIpc) is 3.34. The van der Waals surface area contributed by atoms with Crippen molar-refractivity contribution in [3.8, 4) is 0 Å². The van der Waals surface area contributed by atoms with Gasteiger partial charge < -0.3 is 10.4 Å². The SMILES string of the molecule is O=C(O)c1ccc(CNCc2cc(C3CC3)ccc2F)cc1. The second-order valence-corrected chi connectivity index (χ2v) is 5.73. The first-order chi connectivity index (χ1) is 10.6. The van der Waals surface area contributed by atoms with Gasteiger partial charge in [0.05, 0.1) is 5.56 Å². The summed E-state index contributed by atoms with van der Waals surface area (Å²) in [6, 6.07) is 12.1. The minimum absolute atomic E-state index is 0.182. The molecule has 2 aromatic rings. The summed E-state index contributed by atoms with van der Waals surface area (Å²) in [4.78, 5) is 10.8. The van der Waals surface area contributed by atoms with Crippen LogP contribution in [-0.4, -0.2) is 11.1 Å². The van der Waals surface area contributed by atoms with Crippen LogP contribution in [0.25, 0.3) is 0 Å². The molecule has 22 heavy (non-hydrogen) atoms. The van der Waals surface area contributed by atoms with Crippen LogP contribution in [0.5, 0.6) is 0 Å². The number of hydrogen-bond donors (Lipinski definition) is 2. The molecular weight excluding hydrogens is 281 g/mol. The molecule has 2 aromatic carbocycles. The number of carbonyl (C=O) groups is 1. The van der Waals surface area contributed by atoms with Gasteiger partial charge >= 0.3 is 5.97 Å². The summed E-state index contributed by atoms with van der Waals surface area (Å²) in [5.41, 5.74) is 3.16. The minimum Gasteiger partial charge on any atom is -0.478 e. The van der Waals surface area contributed by atoms with E-state index >= 15 is 0 Å². The molecule has 0 bridgehead atoms. The molecule has 3 rings (SSSR count). The Morgan fingerprint density at radius 3 is 2.50 bits per heavy atom. The van der Waals surface area contributed by atoms with Crippen LogP contribution in [0.15, 0.2) is 42.5 Å². The Bertz CT molecular complexity index is 678. The molecular formula is C18H18FNO2. The Morgan fingerprint density at radius 1 is 1.14 bits per heavy atom. The van der Waals surface area contributed by atoms with Gasteiger partial charge in [-0.2, -0.15) is 0 Å². The highest BCUT2D eigenvalue weighted by Crippen LogP contribution is 2.40. The van der Waals surface area contributed by atoms with Crippen LogP contribution in [-0.2, 0) is 13.1 Å². The van der Waals surface area contributed by atoms with Gasteiger partial charge in [-0.1, -0.05) is 24.3 Å². The summed E-state index contributed by atoms with van der Waals surface area (Å²) < 4.78 is 13.8. The second-order valence-electron chi connectivity index (χ2n) is 5.73. The van der Waals surface area contributed by atoms with Crippen molar-refractivity contribution in [1.29, 1.82) is 0 Å². The lowest BCUT2D eigenvalue weighted by Gasteiger charge is -2.08. The lowest BCUT2D eigenvalue weighted by Crippen LogP contribution is -2.14. The summed E-state index contributed by atoms with van der Waals surface area (Å²) in [7, 11) is 0. The molecule has 0 heterocycles. The number of rotatable bonds is 6. The highest BCUT2D eigenvalue weighted by molar-refractivity contribution is 5.87. The zero-order valence-corrected chi connectivity index (χ0v) is 12.2. The molecule has 0 saturated heterocycles. The van der Waals surface area contributed by atoms with Gasteiger partial charge in [0.2, 0.25) is 0 Å². The first kappa shape index (κ1) is 14.7. The van der Waals surface area contributed by atoms with Crippen molar-refractivity contribution in [2.45, 2.75) is 31.8 Å². The maximum Gasteiger partial charge on any atom is 0.335 e. The lowest BCUT2D eigenvalue weighted by atomic mass is 10.1. The van der Waals surface area contributed by atoms with Crippen LogP contribution < -0.4 is 5.32 Å². The van der Waals surface area contributed by atoms with E-state index in [1.165, 1.54) is 18.4 Å². The molecule has 0 aromatic heterocycles. The molecule has 0 aliphatic heterocycles. The number of carboxylic acid groups (broad SMARTS) is 1. The molecule has 3 nitrogen and oxygen atoms in total. The molecule has 0 atom stereocenters. The van der Waals surface area contributed by atoms with Crippen LogP contribution in [0.2, 0.25) is 0 Å². The molecule has 114 valence electrons. The molecule has 0 spiro atoms. The highest BCUT2D eigenvalue weighted by atomic mass is 19.1. The summed E-state index contributed by atoms with van der Waals surface area (Å²) >= 11 is 0. The van der Waals surface area contributed by atoms with Gasteiger partial charge in [-0.05, 0) is 48.1 Å². The van der Waals surface area contributed by atoms with E-state index in [0.29, 0.717) is 24.6 Å². The number of halogens is 1. The Kier molecular flexibility index (Phi) is 4.20. The van der Waals surface area contributed by atoms with Crippen LogP contribution in [0.3, 0.4) is 0 Å². The van der Waals surface area contributed by atoms with Crippen molar-refractivity contribution in [3.05, 3.63) is 70.5 Å². The molecule has 0 radical (unpaired) electrons. The minimum atomic E-state index is -0.932.